The Kier molecular flexibility index (Phi) is 6.97. The van der Waals surface area contributed by atoms with Crippen LogP contribution < -0.4 is 0 Å². The lowest BCUT2D eigenvalue weighted by Crippen LogP contribution is -2.37. The normalized spacial score (nSPS) is 14.7. The zero-order chi connectivity index (χ0) is 25.1. The monoisotopic (exact) mass is 494 g/mol. The number of hydrogen-bond donors (Lipinski definition) is 1. The fraction of sp³-hybridized carbons (Fsp3) is 0.231. The Balaban J connectivity index is 1.89. The van der Waals surface area contributed by atoms with Gasteiger partial charge in [0.2, 0.25) is 11.7 Å². The summed E-state index contributed by atoms with van der Waals surface area (Å²) in [6.07, 6.45) is 3.42. The summed E-state index contributed by atoms with van der Waals surface area (Å²) in [5.74, 6) is 2.05. The predicted octanol–water partition coefficient (Wildman–Crippen LogP) is 5.43. The Morgan fingerprint density at radius 2 is 2.03 bits per heavy atom. The van der Waals surface area contributed by atoms with Gasteiger partial charge in [-0.2, -0.15) is 0 Å². The van der Waals surface area contributed by atoms with Gasteiger partial charge in [-0.15, -0.1) is 11.3 Å². The topological polar surface area (TPSA) is 93.7 Å². The minimum Gasteiger partial charge on any atom is -0.506 e. The van der Waals surface area contributed by atoms with E-state index in [0.717, 1.165) is 10.9 Å². The van der Waals surface area contributed by atoms with Crippen molar-refractivity contribution in [3.8, 4) is 5.75 Å². The van der Waals surface area contributed by atoms with Gasteiger partial charge in [-0.1, -0.05) is 18.7 Å². The third kappa shape index (κ3) is 4.67. The van der Waals surface area contributed by atoms with Crippen LogP contribution in [0.2, 0.25) is 0 Å². The van der Waals surface area contributed by atoms with Crippen LogP contribution in [0.15, 0.2) is 81.5 Å². The van der Waals surface area contributed by atoms with E-state index in [-0.39, 0.29) is 24.6 Å². The molecule has 0 spiro atoms. The van der Waals surface area contributed by atoms with Crippen LogP contribution in [0.3, 0.4) is 0 Å². The number of thiophene rings is 1. The number of methoxy groups -OCH3 is 3. The van der Waals surface area contributed by atoms with E-state index in [9.17, 15) is 9.90 Å². The highest BCUT2D eigenvalue weighted by Gasteiger charge is 2.29. The van der Waals surface area contributed by atoms with Gasteiger partial charge < -0.3 is 23.7 Å². The number of benzene rings is 1. The van der Waals surface area contributed by atoms with Crippen LogP contribution in [0.5, 0.6) is 5.75 Å². The van der Waals surface area contributed by atoms with Crippen LogP contribution in [-0.2, 0) is 32.0 Å². The van der Waals surface area contributed by atoms with Crippen LogP contribution in [-0.4, -0.2) is 43.1 Å². The van der Waals surface area contributed by atoms with Crippen molar-refractivity contribution in [1.82, 2.24) is 4.90 Å². The number of rotatable bonds is 8. The second-order valence-electron chi connectivity index (χ2n) is 7.77. The molecule has 0 bridgehead atoms. The van der Waals surface area contributed by atoms with Crippen molar-refractivity contribution in [3.05, 3.63) is 83.4 Å². The zero-order valence-corrected chi connectivity index (χ0v) is 20.8. The predicted molar refractivity (Wildman–Crippen MR) is 134 cm³/mol. The molecule has 0 radical (unpaired) electrons. The third-order valence-electron chi connectivity index (χ3n) is 5.61. The number of furan rings is 1. The van der Waals surface area contributed by atoms with Gasteiger partial charge in [-0.25, -0.2) is 4.99 Å². The maximum Gasteiger partial charge on any atom is 0.233 e. The number of amides is 1. The first kappa shape index (κ1) is 24.2. The molecule has 0 saturated heterocycles. The Hall–Kier alpha value is -3.98. The molecule has 0 saturated carbocycles. The maximum absolute atomic E-state index is 13.6. The molecule has 182 valence electrons. The van der Waals surface area contributed by atoms with E-state index in [1.54, 1.807) is 35.4 Å². The SMILES string of the molecule is C=C(OC)/C(OC)=C(\C=C(/C)C1=Nc2sc3c(O)cccc3c2CC(=O)N1Cc1ccco1)OC. The molecule has 4 rings (SSSR count). The zero-order valence-electron chi connectivity index (χ0n) is 20.0. The summed E-state index contributed by atoms with van der Waals surface area (Å²) in [6.45, 7) is 5.89. The van der Waals surface area contributed by atoms with E-state index in [0.29, 0.717) is 44.1 Å². The van der Waals surface area contributed by atoms with Gasteiger partial charge in [0, 0.05) is 10.9 Å². The summed E-state index contributed by atoms with van der Waals surface area (Å²) in [7, 11) is 4.49. The number of aliphatic imine (C=N–C) groups is 1. The van der Waals surface area contributed by atoms with Crippen molar-refractivity contribution in [1.29, 1.82) is 0 Å². The number of carbonyl (C=O) groups is 1. The minimum atomic E-state index is -0.147. The van der Waals surface area contributed by atoms with Crippen molar-refractivity contribution < 1.29 is 28.5 Å². The van der Waals surface area contributed by atoms with Gasteiger partial charge in [0.1, 0.15) is 22.3 Å². The molecule has 1 amide bonds. The Morgan fingerprint density at radius 1 is 1.23 bits per heavy atom. The molecule has 35 heavy (non-hydrogen) atoms. The number of hydrogen-bond acceptors (Lipinski definition) is 8. The first-order valence-electron chi connectivity index (χ1n) is 10.8. The van der Waals surface area contributed by atoms with Crippen molar-refractivity contribution in [2.45, 2.75) is 19.9 Å². The number of ether oxygens (including phenoxy) is 3. The highest BCUT2D eigenvalue weighted by atomic mass is 32.1. The highest BCUT2D eigenvalue weighted by molar-refractivity contribution is 7.23. The molecule has 0 atom stereocenters. The number of allylic oxidation sites excluding steroid dienone is 1. The summed E-state index contributed by atoms with van der Waals surface area (Å²) in [4.78, 5) is 20.1. The minimum absolute atomic E-state index is 0.135. The van der Waals surface area contributed by atoms with Crippen molar-refractivity contribution in [2.75, 3.05) is 21.3 Å². The molecule has 3 aromatic rings. The number of amidine groups is 1. The number of aromatic hydroxyl groups is 1. The van der Waals surface area contributed by atoms with E-state index < -0.39 is 0 Å². The van der Waals surface area contributed by atoms with Gasteiger partial charge in [-0.3, -0.25) is 9.69 Å². The fourth-order valence-electron chi connectivity index (χ4n) is 3.87. The van der Waals surface area contributed by atoms with Crippen LogP contribution in [0.1, 0.15) is 18.2 Å². The lowest BCUT2D eigenvalue weighted by molar-refractivity contribution is -0.127. The van der Waals surface area contributed by atoms with Crippen LogP contribution in [0.25, 0.3) is 10.1 Å². The molecular weight excluding hydrogens is 468 g/mol. The molecule has 1 N–H and O–H groups in total. The first-order chi connectivity index (χ1) is 16.9. The van der Waals surface area contributed by atoms with Gasteiger partial charge >= 0.3 is 0 Å². The van der Waals surface area contributed by atoms with E-state index in [1.165, 1.54) is 32.7 Å². The van der Waals surface area contributed by atoms with Gasteiger partial charge in [-0.05, 0) is 36.8 Å². The molecular formula is C26H26N2O6S. The first-order valence-corrected chi connectivity index (χ1v) is 11.6. The van der Waals surface area contributed by atoms with Crippen molar-refractivity contribution in [3.63, 3.8) is 0 Å². The molecule has 1 aliphatic rings. The largest absolute Gasteiger partial charge is 0.506 e. The molecule has 0 fully saturated rings. The van der Waals surface area contributed by atoms with E-state index in [4.69, 9.17) is 23.6 Å². The van der Waals surface area contributed by atoms with Crippen LogP contribution in [0, 0.1) is 0 Å². The molecule has 2 aromatic heterocycles. The average molecular weight is 495 g/mol. The number of carbonyl (C=O) groups excluding carboxylic acids is 1. The summed E-state index contributed by atoms with van der Waals surface area (Å²) >= 11 is 1.35. The summed E-state index contributed by atoms with van der Waals surface area (Å²) in [5.41, 5.74) is 1.43. The third-order valence-corrected chi connectivity index (χ3v) is 6.77. The Morgan fingerprint density at radius 3 is 2.69 bits per heavy atom. The number of phenolic OH excluding ortho intramolecular Hbond substituents is 1. The summed E-state index contributed by atoms with van der Waals surface area (Å²) in [6, 6.07) is 8.87. The van der Waals surface area contributed by atoms with Gasteiger partial charge in [0.05, 0.1) is 45.3 Å². The Bertz CT molecular complexity index is 1360. The standard InChI is InChI=1S/C26H26N2O6S/c1-15(12-21(32-4)23(33-5)16(2)31-3)25-27-26-19(18-9-6-10-20(29)24(18)35-26)13-22(30)28(25)14-17-8-7-11-34-17/h6-12,29H,2,13-14H2,1,3-5H3/b15-12+,23-21-. The second-order valence-corrected chi connectivity index (χ2v) is 8.77. The molecule has 8 nitrogen and oxygen atoms in total. The average Bonchev–Trinajstić information content (AvgIpc) is 3.46. The molecule has 0 aliphatic carbocycles. The van der Waals surface area contributed by atoms with Crippen molar-refractivity contribution in [2.24, 2.45) is 4.99 Å². The van der Waals surface area contributed by atoms with Gasteiger partial charge in [0.15, 0.2) is 11.5 Å². The maximum atomic E-state index is 13.6. The summed E-state index contributed by atoms with van der Waals surface area (Å²) in [5, 5.41) is 11.8. The molecule has 3 heterocycles. The van der Waals surface area contributed by atoms with E-state index in [2.05, 4.69) is 6.58 Å². The van der Waals surface area contributed by atoms with Crippen LogP contribution in [0.4, 0.5) is 5.00 Å². The molecule has 1 aliphatic heterocycles. The summed E-state index contributed by atoms with van der Waals surface area (Å²) < 4.78 is 22.4. The highest BCUT2D eigenvalue weighted by Crippen LogP contribution is 2.44. The second kappa shape index (κ2) is 10.1. The lowest BCUT2D eigenvalue weighted by Gasteiger charge is -2.23. The molecule has 9 heteroatoms. The number of phenols is 1. The lowest BCUT2D eigenvalue weighted by atomic mass is 10.1. The van der Waals surface area contributed by atoms with Gasteiger partial charge in [0.25, 0.3) is 0 Å². The van der Waals surface area contributed by atoms with Crippen molar-refractivity contribution >= 4 is 38.2 Å². The fourth-order valence-corrected chi connectivity index (χ4v) is 4.98. The molecule has 0 unspecified atom stereocenters. The van der Waals surface area contributed by atoms with E-state index in [1.807, 2.05) is 19.1 Å². The van der Waals surface area contributed by atoms with E-state index >= 15 is 0 Å². The number of fused-ring (bicyclic) bond motifs is 3. The quantitative estimate of drug-likeness (QED) is 0.332. The number of nitrogens with zero attached hydrogens (tertiary/aromatic N) is 2. The smallest absolute Gasteiger partial charge is 0.233 e. The Labute approximate surface area is 207 Å². The molecule has 1 aromatic carbocycles. The van der Waals surface area contributed by atoms with Crippen LogP contribution >= 0.6 is 11.3 Å².